The molecule has 1 saturated heterocycles. The lowest BCUT2D eigenvalue weighted by Crippen LogP contribution is -2.33. The molecule has 4 rings (SSSR count). The number of para-hydroxylation sites is 1. The highest BCUT2D eigenvalue weighted by molar-refractivity contribution is 8.12. The Bertz CT molecular complexity index is 1310. The second-order valence-electron chi connectivity index (χ2n) is 10.4. The van der Waals surface area contributed by atoms with Crippen LogP contribution in [0.3, 0.4) is 0 Å². The zero-order chi connectivity index (χ0) is 32.6. The molecule has 3 N–H and O–H groups in total. The van der Waals surface area contributed by atoms with Crippen LogP contribution < -0.4 is 15.4 Å². The van der Waals surface area contributed by atoms with Gasteiger partial charge in [-0.05, 0) is 103 Å². The number of carbonyl (C=O) groups excluding carboxylic acids is 1. The summed E-state index contributed by atoms with van der Waals surface area (Å²) in [6.07, 6.45) is 4.28. The molecule has 0 bridgehead atoms. The summed E-state index contributed by atoms with van der Waals surface area (Å²) in [5.74, 6) is 1.35. The first-order valence-corrected chi connectivity index (χ1v) is 16.9. The Labute approximate surface area is 268 Å². The van der Waals surface area contributed by atoms with Crippen molar-refractivity contribution in [3.63, 3.8) is 0 Å². The molecule has 1 amide bonds. The van der Waals surface area contributed by atoms with Crippen molar-refractivity contribution in [2.75, 3.05) is 43.6 Å². The minimum atomic E-state index is -0.829. The average Bonchev–Trinajstić information content (AvgIpc) is 3.46. The number of benzene rings is 3. The van der Waals surface area contributed by atoms with E-state index in [1.165, 1.54) is 28.5 Å². The Kier molecular flexibility index (Phi) is 15.9. The van der Waals surface area contributed by atoms with Crippen molar-refractivity contribution in [1.29, 1.82) is 0 Å². The standard InChI is InChI=1S/C32H41N3O2.C2H4O2S.C2H6/c1-6-23-10-9-11-24(7-2)32(23)34-31(36)21-35-20-27(26-14-17-30(37-8-3)22(4)18-26)19-29(35)25-12-15-28(33-5)16-13-25;1-5-2(3)4;1-2/h9-18,27,29,33H,6-8,19-21H2,1-5H3,(H,34,36);1H3,(H,3,4);1-2H3/t27-,29?;;/m1../s1. The molecule has 1 aliphatic heterocycles. The van der Waals surface area contributed by atoms with Gasteiger partial charge < -0.3 is 20.5 Å². The number of aryl methyl sites for hydroxylation is 3. The van der Waals surface area contributed by atoms with Crippen molar-refractivity contribution in [3.8, 4) is 5.75 Å². The van der Waals surface area contributed by atoms with Gasteiger partial charge in [-0.15, -0.1) is 0 Å². The normalized spacial score (nSPS) is 15.7. The molecule has 0 aliphatic carbocycles. The van der Waals surface area contributed by atoms with Crippen LogP contribution in [0, 0.1) is 6.92 Å². The second-order valence-corrected chi connectivity index (χ2v) is 11.1. The van der Waals surface area contributed by atoms with E-state index in [2.05, 4.69) is 97.0 Å². The van der Waals surface area contributed by atoms with Crippen LogP contribution in [0.1, 0.15) is 80.8 Å². The van der Waals surface area contributed by atoms with Gasteiger partial charge in [0.05, 0.1) is 13.2 Å². The number of hydrogen-bond acceptors (Lipinski definition) is 6. The number of nitrogens with zero attached hydrogens (tertiary/aromatic N) is 1. The summed E-state index contributed by atoms with van der Waals surface area (Å²) in [5, 5.41) is 13.3. The summed E-state index contributed by atoms with van der Waals surface area (Å²) in [4.78, 5) is 25.1. The van der Waals surface area contributed by atoms with E-state index < -0.39 is 5.30 Å². The average molecular weight is 622 g/mol. The molecule has 1 fully saturated rings. The molecule has 0 spiro atoms. The van der Waals surface area contributed by atoms with Gasteiger partial charge in [0.1, 0.15) is 5.75 Å². The highest BCUT2D eigenvalue weighted by atomic mass is 32.2. The Morgan fingerprint density at radius 2 is 1.57 bits per heavy atom. The van der Waals surface area contributed by atoms with Crippen molar-refractivity contribution in [1.82, 2.24) is 4.90 Å². The maximum Gasteiger partial charge on any atom is 0.364 e. The van der Waals surface area contributed by atoms with Gasteiger partial charge in [0.2, 0.25) is 5.91 Å². The van der Waals surface area contributed by atoms with Crippen LogP contribution >= 0.6 is 11.8 Å². The van der Waals surface area contributed by atoms with Crippen molar-refractivity contribution in [2.45, 2.75) is 72.8 Å². The highest BCUT2D eigenvalue weighted by Crippen LogP contribution is 2.41. The number of carbonyl (C=O) groups is 2. The summed E-state index contributed by atoms with van der Waals surface area (Å²) in [5.41, 5.74) is 8.18. The molecule has 0 radical (unpaired) electrons. The fourth-order valence-electron chi connectivity index (χ4n) is 5.55. The van der Waals surface area contributed by atoms with Crippen LogP contribution in [0.25, 0.3) is 0 Å². The van der Waals surface area contributed by atoms with Gasteiger partial charge in [-0.2, -0.15) is 0 Å². The predicted octanol–water partition coefficient (Wildman–Crippen LogP) is 8.78. The van der Waals surface area contributed by atoms with E-state index in [1.807, 2.05) is 27.8 Å². The number of amides is 1. The third-order valence-electron chi connectivity index (χ3n) is 7.74. The molecule has 1 aliphatic rings. The molecule has 8 heteroatoms. The Balaban J connectivity index is 0.000000876. The molecule has 44 heavy (non-hydrogen) atoms. The van der Waals surface area contributed by atoms with Crippen LogP contribution in [-0.2, 0) is 17.6 Å². The van der Waals surface area contributed by atoms with Gasteiger partial charge in [-0.25, -0.2) is 4.79 Å². The first-order chi connectivity index (χ1) is 21.2. The first kappa shape index (κ1) is 36.7. The van der Waals surface area contributed by atoms with E-state index in [-0.39, 0.29) is 11.9 Å². The van der Waals surface area contributed by atoms with Crippen LogP contribution in [-0.4, -0.2) is 54.2 Å². The molecule has 240 valence electrons. The fourth-order valence-corrected chi connectivity index (χ4v) is 5.55. The number of ether oxygens (including phenoxy) is 1. The maximum absolute atomic E-state index is 13.4. The van der Waals surface area contributed by atoms with Gasteiger partial charge in [0.15, 0.2) is 0 Å². The van der Waals surface area contributed by atoms with E-state index in [4.69, 9.17) is 9.84 Å². The van der Waals surface area contributed by atoms with Gasteiger partial charge in [0, 0.05) is 31.0 Å². The molecule has 3 aromatic carbocycles. The van der Waals surface area contributed by atoms with E-state index in [0.717, 1.165) is 60.3 Å². The Morgan fingerprint density at radius 1 is 0.977 bits per heavy atom. The zero-order valence-corrected chi connectivity index (χ0v) is 28.5. The quantitative estimate of drug-likeness (QED) is 0.208. The molecule has 0 saturated carbocycles. The number of rotatable bonds is 10. The van der Waals surface area contributed by atoms with Crippen LogP contribution in [0.4, 0.5) is 16.2 Å². The first-order valence-electron chi connectivity index (χ1n) is 15.7. The minimum Gasteiger partial charge on any atom is -0.494 e. The summed E-state index contributed by atoms with van der Waals surface area (Å²) in [6, 6.07) is 21.6. The third-order valence-corrected chi connectivity index (χ3v) is 8.09. The summed E-state index contributed by atoms with van der Waals surface area (Å²) < 4.78 is 5.77. The zero-order valence-electron chi connectivity index (χ0n) is 27.7. The van der Waals surface area contributed by atoms with Crippen molar-refractivity contribution in [3.05, 3.63) is 88.5 Å². The number of anilines is 2. The molecule has 1 heterocycles. The molecule has 2 atom stereocenters. The summed E-state index contributed by atoms with van der Waals surface area (Å²) >= 11 is 0.796. The minimum absolute atomic E-state index is 0.0518. The Hall–Kier alpha value is -3.49. The van der Waals surface area contributed by atoms with Gasteiger partial charge in [0.25, 0.3) is 0 Å². The maximum atomic E-state index is 13.4. The highest BCUT2D eigenvalue weighted by Gasteiger charge is 2.35. The number of carboxylic acid groups (broad SMARTS) is 1. The van der Waals surface area contributed by atoms with Crippen LogP contribution in [0.5, 0.6) is 5.75 Å². The number of nitrogens with one attached hydrogen (secondary N) is 2. The van der Waals surface area contributed by atoms with E-state index in [0.29, 0.717) is 19.1 Å². The largest absolute Gasteiger partial charge is 0.494 e. The molecule has 1 unspecified atom stereocenters. The van der Waals surface area contributed by atoms with Gasteiger partial charge >= 0.3 is 5.30 Å². The lowest BCUT2D eigenvalue weighted by atomic mass is 9.92. The van der Waals surface area contributed by atoms with Crippen molar-refractivity contribution < 1.29 is 19.4 Å². The number of hydrogen-bond donors (Lipinski definition) is 3. The monoisotopic (exact) mass is 621 g/mol. The smallest absolute Gasteiger partial charge is 0.364 e. The topological polar surface area (TPSA) is 90.9 Å². The fraction of sp³-hybridized carbons (Fsp3) is 0.444. The SMILES string of the molecule is CC.CCOc1ccc([C@@H]2CC(c3ccc(NC)cc3)N(CC(=O)Nc3c(CC)cccc3CC)C2)cc1C.CSC(=O)O. The molecular weight excluding hydrogens is 570 g/mol. The van der Waals surface area contributed by atoms with Crippen molar-refractivity contribution >= 4 is 34.3 Å². The lowest BCUT2D eigenvalue weighted by molar-refractivity contribution is -0.117. The summed E-state index contributed by atoms with van der Waals surface area (Å²) in [7, 11) is 1.93. The van der Waals surface area contributed by atoms with E-state index in [9.17, 15) is 9.59 Å². The predicted molar refractivity (Wildman–Crippen MR) is 187 cm³/mol. The van der Waals surface area contributed by atoms with Gasteiger partial charge in [-0.1, -0.05) is 70.2 Å². The number of likely N-dealkylation sites (tertiary alicyclic amines) is 1. The third kappa shape index (κ3) is 10.3. The second kappa shape index (κ2) is 19.0. The molecular formula is C36H51N3O4S. The summed E-state index contributed by atoms with van der Waals surface area (Å²) in [6.45, 7) is 14.3. The lowest BCUT2D eigenvalue weighted by Gasteiger charge is -2.25. The van der Waals surface area contributed by atoms with Gasteiger partial charge in [-0.3, -0.25) is 9.69 Å². The van der Waals surface area contributed by atoms with E-state index in [1.54, 1.807) is 0 Å². The number of thioether (sulfide) groups is 1. The van der Waals surface area contributed by atoms with Crippen LogP contribution in [0.2, 0.25) is 0 Å². The van der Waals surface area contributed by atoms with Crippen LogP contribution in [0.15, 0.2) is 60.7 Å². The van der Waals surface area contributed by atoms with E-state index >= 15 is 0 Å². The molecule has 3 aromatic rings. The molecule has 7 nitrogen and oxygen atoms in total. The molecule has 0 aromatic heterocycles. The Morgan fingerprint density at radius 3 is 2.07 bits per heavy atom. The van der Waals surface area contributed by atoms with Crippen molar-refractivity contribution in [2.24, 2.45) is 0 Å².